The van der Waals surface area contributed by atoms with E-state index in [0.717, 1.165) is 72.8 Å². The van der Waals surface area contributed by atoms with Gasteiger partial charge in [-0.2, -0.15) is 0 Å². The zero-order chi connectivity index (χ0) is 43.2. The SMILES string of the molecule is C=C1c2ccccc2-c2ccc(N(c3ccccc3)c3ccc4c(c3)c3cc(N(c5ccccc5)c5ccc6c(c5)C(=C)c5ccccc5-6)ccc3n4-c3ccc4ccccc4c3)cc21. The number of nitrogens with zero attached hydrogens (tertiary/aromatic N) is 3. The van der Waals surface area contributed by atoms with Crippen LogP contribution in [0.5, 0.6) is 0 Å². The third-order valence-corrected chi connectivity index (χ3v) is 13.5. The molecule has 0 unspecified atom stereocenters. The molecule has 11 aromatic rings. The summed E-state index contributed by atoms with van der Waals surface area (Å²) in [6, 6.07) is 81.6. The molecule has 0 atom stereocenters. The molecule has 0 saturated carbocycles. The number of fused-ring (bicyclic) bond motifs is 10. The van der Waals surface area contributed by atoms with Crippen molar-refractivity contribution in [3.63, 3.8) is 0 Å². The Morgan fingerprint density at radius 3 is 1.18 bits per heavy atom. The smallest absolute Gasteiger partial charge is 0.0542 e. The van der Waals surface area contributed by atoms with Crippen LogP contribution in [0.15, 0.2) is 238 Å². The maximum absolute atomic E-state index is 4.58. The summed E-state index contributed by atoms with van der Waals surface area (Å²) in [6.07, 6.45) is 0. The maximum Gasteiger partial charge on any atom is 0.0542 e. The average Bonchev–Trinajstić information content (AvgIpc) is 3.95. The number of benzene rings is 10. The number of para-hydroxylation sites is 2. The molecule has 1 aromatic heterocycles. The van der Waals surface area contributed by atoms with Gasteiger partial charge in [0.2, 0.25) is 0 Å². The minimum atomic E-state index is 1.06. The molecule has 0 amide bonds. The molecule has 0 spiro atoms. The van der Waals surface area contributed by atoms with Crippen molar-refractivity contribution in [1.82, 2.24) is 4.57 Å². The van der Waals surface area contributed by atoms with E-state index in [1.54, 1.807) is 0 Å². The van der Waals surface area contributed by atoms with Crippen LogP contribution in [0.2, 0.25) is 0 Å². The minimum absolute atomic E-state index is 1.06. The van der Waals surface area contributed by atoms with E-state index in [1.807, 2.05) is 0 Å². The Kier molecular flexibility index (Phi) is 8.21. The molecule has 0 aliphatic heterocycles. The molecular formula is C62H41N3. The molecule has 65 heavy (non-hydrogen) atoms. The van der Waals surface area contributed by atoms with Crippen molar-refractivity contribution in [2.45, 2.75) is 0 Å². The van der Waals surface area contributed by atoms with Gasteiger partial charge in [-0.25, -0.2) is 0 Å². The summed E-state index contributed by atoms with van der Waals surface area (Å²) in [5, 5.41) is 4.76. The highest BCUT2D eigenvalue weighted by molar-refractivity contribution is 6.13. The topological polar surface area (TPSA) is 11.4 Å². The quantitative estimate of drug-likeness (QED) is 0.159. The highest BCUT2D eigenvalue weighted by atomic mass is 15.1. The van der Waals surface area contributed by atoms with E-state index < -0.39 is 0 Å². The summed E-state index contributed by atoms with van der Waals surface area (Å²) in [5.41, 5.74) is 21.7. The third kappa shape index (κ3) is 5.76. The fourth-order valence-electron chi connectivity index (χ4n) is 10.5. The van der Waals surface area contributed by atoms with Crippen molar-refractivity contribution in [3.05, 3.63) is 260 Å². The van der Waals surface area contributed by atoms with Crippen molar-refractivity contribution >= 4 is 77.8 Å². The van der Waals surface area contributed by atoms with Gasteiger partial charge in [-0.1, -0.05) is 141 Å². The molecule has 304 valence electrons. The second kappa shape index (κ2) is 14.5. The maximum atomic E-state index is 4.58. The number of hydrogen-bond acceptors (Lipinski definition) is 2. The molecule has 1 heterocycles. The fourth-order valence-corrected chi connectivity index (χ4v) is 10.5. The average molecular weight is 828 g/mol. The Morgan fingerprint density at radius 2 is 0.677 bits per heavy atom. The Hall–Kier alpha value is -8.66. The number of rotatable bonds is 7. The zero-order valence-corrected chi connectivity index (χ0v) is 35.6. The first-order valence-electron chi connectivity index (χ1n) is 22.2. The fraction of sp³-hybridized carbons (Fsp3) is 0. The van der Waals surface area contributed by atoms with E-state index in [4.69, 9.17) is 0 Å². The summed E-state index contributed by atoms with van der Waals surface area (Å²) in [7, 11) is 0. The molecule has 0 N–H and O–H groups in total. The summed E-state index contributed by atoms with van der Waals surface area (Å²) in [5.74, 6) is 0. The molecule has 3 heteroatoms. The summed E-state index contributed by atoms with van der Waals surface area (Å²) in [6.45, 7) is 9.15. The van der Waals surface area contributed by atoms with Crippen molar-refractivity contribution in [2.24, 2.45) is 0 Å². The van der Waals surface area contributed by atoms with Crippen LogP contribution in [0.3, 0.4) is 0 Å². The number of aromatic nitrogens is 1. The summed E-state index contributed by atoms with van der Waals surface area (Å²) in [4.78, 5) is 4.76. The van der Waals surface area contributed by atoms with E-state index in [1.165, 1.54) is 55.3 Å². The third-order valence-electron chi connectivity index (χ3n) is 13.5. The van der Waals surface area contributed by atoms with Gasteiger partial charge in [0, 0.05) is 50.6 Å². The van der Waals surface area contributed by atoms with Crippen LogP contribution >= 0.6 is 0 Å². The molecular weight excluding hydrogens is 787 g/mol. The van der Waals surface area contributed by atoms with E-state index >= 15 is 0 Å². The predicted molar refractivity (Wildman–Crippen MR) is 275 cm³/mol. The van der Waals surface area contributed by atoms with Crippen molar-refractivity contribution in [3.8, 4) is 27.9 Å². The van der Waals surface area contributed by atoms with Gasteiger partial charge in [0.15, 0.2) is 0 Å². The molecule has 0 saturated heterocycles. The van der Waals surface area contributed by atoms with Crippen LogP contribution < -0.4 is 9.80 Å². The molecule has 0 radical (unpaired) electrons. The normalized spacial score (nSPS) is 12.4. The standard InChI is InChI=1S/C62H41N3/c1-40-51-21-11-13-23-53(51)55-31-27-47(36-57(40)55)63(44-17-5-3-6-18-44)49-29-33-61-59(38-49)60-39-50(30-34-62(60)65(61)46-26-25-42-15-9-10-16-43(42)35-46)64(45-19-7-4-8-20-45)48-28-32-56-54-24-14-12-22-52(54)41(2)58(56)37-48/h3-39H,1-2H2. The van der Waals surface area contributed by atoms with E-state index in [9.17, 15) is 0 Å². The Balaban J connectivity index is 1.03. The zero-order valence-electron chi connectivity index (χ0n) is 35.6. The summed E-state index contributed by atoms with van der Waals surface area (Å²) >= 11 is 0. The lowest BCUT2D eigenvalue weighted by Gasteiger charge is -2.26. The second-order valence-corrected chi connectivity index (χ2v) is 17.1. The lowest BCUT2D eigenvalue weighted by Crippen LogP contribution is -2.10. The first-order chi connectivity index (χ1) is 32.1. The van der Waals surface area contributed by atoms with Crippen LogP contribution in [0.1, 0.15) is 22.3 Å². The van der Waals surface area contributed by atoms with Crippen LogP contribution in [0.25, 0.3) is 71.7 Å². The highest BCUT2D eigenvalue weighted by Gasteiger charge is 2.26. The van der Waals surface area contributed by atoms with Crippen LogP contribution in [0, 0.1) is 0 Å². The van der Waals surface area contributed by atoms with E-state index in [-0.39, 0.29) is 0 Å². The van der Waals surface area contributed by atoms with Crippen molar-refractivity contribution < 1.29 is 0 Å². The molecule has 0 fully saturated rings. The van der Waals surface area contributed by atoms with Gasteiger partial charge in [0.1, 0.15) is 0 Å². The van der Waals surface area contributed by atoms with Gasteiger partial charge in [-0.15, -0.1) is 0 Å². The first-order valence-corrected chi connectivity index (χ1v) is 22.2. The molecule has 13 rings (SSSR count). The number of anilines is 6. The molecule has 3 nitrogen and oxygen atoms in total. The Morgan fingerprint density at radius 1 is 0.277 bits per heavy atom. The molecule has 10 aromatic carbocycles. The second-order valence-electron chi connectivity index (χ2n) is 17.1. The molecule has 2 aliphatic carbocycles. The Bertz CT molecular complexity index is 3560. The lowest BCUT2D eigenvalue weighted by molar-refractivity contribution is 1.18. The van der Waals surface area contributed by atoms with Gasteiger partial charge >= 0.3 is 0 Å². The van der Waals surface area contributed by atoms with Crippen LogP contribution in [0.4, 0.5) is 34.1 Å². The van der Waals surface area contributed by atoms with E-state index in [0.29, 0.717) is 0 Å². The van der Waals surface area contributed by atoms with Gasteiger partial charge < -0.3 is 14.4 Å². The number of hydrogen-bond donors (Lipinski definition) is 0. The highest BCUT2D eigenvalue weighted by Crippen LogP contribution is 2.49. The van der Waals surface area contributed by atoms with Gasteiger partial charge in [-0.3, -0.25) is 0 Å². The van der Waals surface area contributed by atoms with Gasteiger partial charge in [-0.05, 0) is 163 Å². The van der Waals surface area contributed by atoms with Gasteiger partial charge in [0.25, 0.3) is 0 Å². The lowest BCUT2D eigenvalue weighted by atomic mass is 10.0. The first kappa shape index (κ1) is 36.9. The molecule has 2 aliphatic rings. The van der Waals surface area contributed by atoms with E-state index in [2.05, 4.69) is 252 Å². The predicted octanol–water partition coefficient (Wildman–Crippen LogP) is 17.0. The Labute approximate surface area is 378 Å². The minimum Gasteiger partial charge on any atom is -0.310 e. The summed E-state index contributed by atoms with van der Waals surface area (Å²) < 4.78 is 2.43. The van der Waals surface area contributed by atoms with Crippen LogP contribution in [-0.2, 0) is 0 Å². The monoisotopic (exact) mass is 827 g/mol. The van der Waals surface area contributed by atoms with Crippen molar-refractivity contribution in [2.75, 3.05) is 9.80 Å². The van der Waals surface area contributed by atoms with Crippen molar-refractivity contribution in [1.29, 1.82) is 0 Å². The molecule has 0 bridgehead atoms. The van der Waals surface area contributed by atoms with Crippen LogP contribution in [-0.4, -0.2) is 4.57 Å². The van der Waals surface area contributed by atoms with Gasteiger partial charge in [0.05, 0.1) is 11.0 Å². The largest absolute Gasteiger partial charge is 0.310 e.